The molecule has 0 radical (unpaired) electrons. The van der Waals surface area contributed by atoms with Crippen molar-refractivity contribution in [3.63, 3.8) is 0 Å². The van der Waals surface area contributed by atoms with Crippen LogP contribution in [0.15, 0.2) is 74.7 Å². The van der Waals surface area contributed by atoms with E-state index in [-0.39, 0.29) is 37.8 Å². The Labute approximate surface area is 264 Å². The highest BCUT2D eigenvalue weighted by Gasteiger charge is 2.20. The van der Waals surface area contributed by atoms with Crippen LogP contribution in [0.2, 0.25) is 0 Å². The van der Waals surface area contributed by atoms with E-state index in [9.17, 15) is 31.2 Å². The van der Waals surface area contributed by atoms with Crippen molar-refractivity contribution in [1.82, 2.24) is 15.0 Å². The van der Waals surface area contributed by atoms with Gasteiger partial charge in [0, 0.05) is 28.0 Å². The fourth-order valence-electron chi connectivity index (χ4n) is 3.90. The molecule has 2 aromatic carbocycles. The van der Waals surface area contributed by atoms with Crippen molar-refractivity contribution in [2.45, 2.75) is 23.6 Å². The molecule has 0 aliphatic rings. The second-order valence-electron chi connectivity index (χ2n) is 9.20. The number of benzene rings is 2. The van der Waals surface area contributed by atoms with E-state index in [4.69, 9.17) is 5.73 Å². The fraction of sp³-hybridized carbons (Fsp3) is 0.0769. The minimum atomic E-state index is -4.43. The van der Waals surface area contributed by atoms with Crippen LogP contribution in [-0.2, 0) is 20.2 Å². The van der Waals surface area contributed by atoms with Crippen LogP contribution in [0.25, 0.3) is 10.7 Å². The van der Waals surface area contributed by atoms with Crippen LogP contribution >= 0.6 is 22.7 Å². The third kappa shape index (κ3) is 7.12. The number of azo groups is 1. The third-order valence-corrected chi connectivity index (χ3v) is 9.48. The van der Waals surface area contributed by atoms with Gasteiger partial charge in [0.15, 0.2) is 11.6 Å². The first-order valence-electron chi connectivity index (χ1n) is 12.5. The average Bonchev–Trinajstić information content (AvgIpc) is 3.57. The standard InChI is InChI=1S/C26H21N9O6S4/c1-13-12-29-25(42-13)21-22(28)43-26(32-21)35-34-20-14(2)19(11-27)23(30-15-3-7-17(8-4-15)44(36,37)38)33-24(20)31-16-5-9-18(10-6-16)45(39,40)41/h3-10,12H,28H2,1-2H3,(H2,30,31,33)(H,36,37,38)(H,39,40,41). The van der Waals surface area contributed by atoms with Gasteiger partial charge in [-0.1, -0.05) is 11.3 Å². The molecule has 0 amide bonds. The van der Waals surface area contributed by atoms with Gasteiger partial charge in [-0.05, 0) is 62.4 Å². The zero-order valence-electron chi connectivity index (χ0n) is 23.1. The Morgan fingerprint density at radius 1 is 0.844 bits per heavy atom. The summed E-state index contributed by atoms with van der Waals surface area (Å²) < 4.78 is 64.4. The molecule has 45 heavy (non-hydrogen) atoms. The summed E-state index contributed by atoms with van der Waals surface area (Å²) in [5.74, 6) is 0.178. The molecule has 0 aliphatic carbocycles. The van der Waals surface area contributed by atoms with Gasteiger partial charge < -0.3 is 16.4 Å². The minimum absolute atomic E-state index is 0.0746. The van der Waals surface area contributed by atoms with Crippen LogP contribution in [-0.4, -0.2) is 40.9 Å². The average molecular weight is 684 g/mol. The summed E-state index contributed by atoms with van der Waals surface area (Å²) >= 11 is 2.51. The Morgan fingerprint density at radius 2 is 1.40 bits per heavy atom. The van der Waals surface area contributed by atoms with Gasteiger partial charge >= 0.3 is 0 Å². The first kappa shape index (κ1) is 31.6. The number of pyridine rings is 1. The third-order valence-electron chi connectivity index (χ3n) is 6.06. The van der Waals surface area contributed by atoms with E-state index in [0.29, 0.717) is 32.6 Å². The Hall–Kier alpha value is -4.84. The monoisotopic (exact) mass is 683 g/mol. The maximum absolute atomic E-state index is 11.5. The summed E-state index contributed by atoms with van der Waals surface area (Å²) in [6.07, 6.45) is 1.71. The topological polar surface area (TPSA) is 246 Å². The summed E-state index contributed by atoms with van der Waals surface area (Å²) in [6.45, 7) is 3.53. The van der Waals surface area contributed by atoms with E-state index in [0.717, 1.165) is 16.2 Å². The number of nitrogens with zero attached hydrogens (tertiary/aromatic N) is 6. The largest absolute Gasteiger partial charge is 0.389 e. The van der Waals surface area contributed by atoms with Crippen molar-refractivity contribution in [3.05, 3.63) is 70.7 Å². The number of aromatic nitrogens is 3. The van der Waals surface area contributed by atoms with Crippen LogP contribution in [0.5, 0.6) is 0 Å². The molecule has 15 nitrogen and oxygen atoms in total. The Bertz CT molecular complexity index is 2210. The minimum Gasteiger partial charge on any atom is -0.389 e. The molecule has 230 valence electrons. The number of nitriles is 1. The van der Waals surface area contributed by atoms with Crippen molar-refractivity contribution in [3.8, 4) is 16.8 Å². The summed E-state index contributed by atoms with van der Waals surface area (Å²) in [5, 5.41) is 25.9. The lowest BCUT2D eigenvalue weighted by Crippen LogP contribution is -2.05. The molecule has 0 bridgehead atoms. The Balaban J connectivity index is 1.57. The number of aryl methyl sites for hydroxylation is 1. The highest BCUT2D eigenvalue weighted by atomic mass is 32.2. The maximum atomic E-state index is 11.5. The van der Waals surface area contributed by atoms with Gasteiger partial charge in [0.2, 0.25) is 5.13 Å². The maximum Gasteiger partial charge on any atom is 0.294 e. The molecule has 19 heteroatoms. The molecule has 0 saturated carbocycles. The summed E-state index contributed by atoms with van der Waals surface area (Å²) in [7, 11) is -8.84. The van der Waals surface area contributed by atoms with Crippen molar-refractivity contribution in [2.24, 2.45) is 10.2 Å². The number of hydrogen-bond donors (Lipinski definition) is 5. The van der Waals surface area contributed by atoms with Crippen LogP contribution < -0.4 is 16.4 Å². The van der Waals surface area contributed by atoms with E-state index < -0.39 is 20.2 Å². The second kappa shape index (κ2) is 12.3. The van der Waals surface area contributed by atoms with E-state index >= 15 is 0 Å². The number of rotatable bonds is 9. The molecule has 6 N–H and O–H groups in total. The van der Waals surface area contributed by atoms with E-state index in [1.807, 2.05) is 6.92 Å². The highest BCUT2D eigenvalue weighted by molar-refractivity contribution is 7.86. The smallest absolute Gasteiger partial charge is 0.294 e. The first-order valence-corrected chi connectivity index (χ1v) is 17.0. The predicted molar refractivity (Wildman–Crippen MR) is 169 cm³/mol. The zero-order valence-corrected chi connectivity index (χ0v) is 26.4. The molecule has 3 heterocycles. The Kier molecular flexibility index (Phi) is 8.61. The number of nitrogens with one attached hydrogen (secondary N) is 2. The van der Waals surface area contributed by atoms with Gasteiger partial charge in [-0.3, -0.25) is 9.11 Å². The molecule has 0 spiro atoms. The predicted octanol–water partition coefficient (Wildman–Crippen LogP) is 6.13. The van der Waals surface area contributed by atoms with Crippen molar-refractivity contribution in [2.75, 3.05) is 16.4 Å². The lowest BCUT2D eigenvalue weighted by molar-refractivity contribution is 0.481. The lowest BCUT2D eigenvalue weighted by atomic mass is 10.1. The van der Waals surface area contributed by atoms with Gasteiger partial charge in [0.25, 0.3) is 20.2 Å². The molecular formula is C26H21N9O6S4. The van der Waals surface area contributed by atoms with Crippen LogP contribution in [0.4, 0.5) is 38.8 Å². The normalized spacial score (nSPS) is 11.9. The van der Waals surface area contributed by atoms with Gasteiger partial charge in [0.1, 0.15) is 27.5 Å². The molecule has 0 aliphatic heterocycles. The molecule has 0 saturated heterocycles. The molecule has 5 rings (SSSR count). The summed E-state index contributed by atoms with van der Waals surface area (Å²) in [4.78, 5) is 13.6. The van der Waals surface area contributed by atoms with Gasteiger partial charge in [-0.25, -0.2) is 15.0 Å². The van der Waals surface area contributed by atoms with Gasteiger partial charge in [-0.2, -0.15) is 22.1 Å². The molecule has 0 unspecified atom stereocenters. The quantitative estimate of drug-likeness (QED) is 0.0868. The Morgan fingerprint density at radius 3 is 1.89 bits per heavy atom. The number of thiazole rings is 2. The summed E-state index contributed by atoms with van der Waals surface area (Å²) in [5.41, 5.74) is 7.94. The van der Waals surface area contributed by atoms with E-state index in [1.165, 1.54) is 59.9 Å². The van der Waals surface area contributed by atoms with Crippen LogP contribution in [0.1, 0.15) is 16.0 Å². The number of anilines is 5. The van der Waals surface area contributed by atoms with Gasteiger partial charge in [0.05, 0.1) is 15.4 Å². The highest BCUT2D eigenvalue weighted by Crippen LogP contribution is 2.40. The number of nitrogens with two attached hydrogens (primary N) is 1. The van der Waals surface area contributed by atoms with E-state index in [2.05, 4.69) is 41.9 Å². The number of hydrogen-bond acceptors (Lipinski definition) is 15. The fourth-order valence-corrected chi connectivity index (χ4v) is 6.35. The molecule has 3 aromatic heterocycles. The van der Waals surface area contributed by atoms with Crippen molar-refractivity contribution < 1.29 is 25.9 Å². The van der Waals surface area contributed by atoms with Crippen molar-refractivity contribution >= 4 is 81.7 Å². The number of nitrogen functional groups attached to an aromatic ring is 1. The van der Waals surface area contributed by atoms with Crippen LogP contribution in [0, 0.1) is 25.2 Å². The zero-order chi connectivity index (χ0) is 32.5. The molecular weight excluding hydrogens is 663 g/mol. The SMILES string of the molecule is Cc1cnc(-c2nc(N=Nc3c(Nc4ccc(S(=O)(=O)O)cc4)nc(Nc4ccc(S(=O)(=O)O)cc4)c(C#N)c3C)sc2N)s1. The first-order chi connectivity index (χ1) is 21.2. The summed E-state index contributed by atoms with van der Waals surface area (Å²) in [6, 6.07) is 12.4. The molecule has 0 atom stereocenters. The van der Waals surface area contributed by atoms with Crippen LogP contribution in [0.3, 0.4) is 0 Å². The molecule has 5 aromatic rings. The molecule has 0 fully saturated rings. The van der Waals surface area contributed by atoms with Crippen molar-refractivity contribution in [1.29, 1.82) is 5.26 Å². The van der Waals surface area contributed by atoms with Gasteiger partial charge in [-0.15, -0.1) is 21.6 Å². The second-order valence-corrected chi connectivity index (χ2v) is 14.3. The van der Waals surface area contributed by atoms with E-state index in [1.54, 1.807) is 13.1 Å². The lowest BCUT2D eigenvalue weighted by Gasteiger charge is -2.16.